The molecule has 1 aromatic carbocycles. The van der Waals surface area contributed by atoms with Crippen LogP contribution in [0.3, 0.4) is 0 Å². The van der Waals surface area contributed by atoms with E-state index in [0.29, 0.717) is 17.2 Å². The quantitative estimate of drug-likeness (QED) is 0.843. The Balaban J connectivity index is 2.29. The fourth-order valence-electron chi connectivity index (χ4n) is 1.59. The maximum atomic E-state index is 11.4. The molecule has 2 aromatic rings. The second kappa shape index (κ2) is 5.66. The highest BCUT2D eigenvalue weighted by Gasteiger charge is 2.12. The summed E-state index contributed by atoms with van der Waals surface area (Å²) < 4.78 is 22.9. The van der Waals surface area contributed by atoms with Crippen molar-refractivity contribution in [3.63, 3.8) is 0 Å². The van der Waals surface area contributed by atoms with E-state index >= 15 is 0 Å². The zero-order valence-corrected chi connectivity index (χ0v) is 12.0. The summed E-state index contributed by atoms with van der Waals surface area (Å²) in [6, 6.07) is 7.51. The first-order valence-electron chi connectivity index (χ1n) is 5.51. The van der Waals surface area contributed by atoms with E-state index in [2.05, 4.69) is 10.3 Å². The van der Waals surface area contributed by atoms with Gasteiger partial charge in [-0.1, -0.05) is 11.6 Å². The zero-order chi connectivity index (χ0) is 14.8. The van der Waals surface area contributed by atoms with Crippen molar-refractivity contribution in [1.82, 2.24) is 4.98 Å². The van der Waals surface area contributed by atoms with E-state index in [1.807, 2.05) is 0 Å². The molecule has 0 amide bonds. The van der Waals surface area contributed by atoms with E-state index in [4.69, 9.17) is 11.6 Å². The van der Waals surface area contributed by atoms with Gasteiger partial charge >= 0.3 is 0 Å². The Labute approximate surface area is 121 Å². The largest absolute Gasteiger partial charge is 0.761 e. The fourth-order valence-corrected chi connectivity index (χ4v) is 2.92. The highest BCUT2D eigenvalue weighted by Crippen LogP contribution is 2.26. The number of sulfone groups is 1. The molecule has 0 radical (unpaired) electrons. The van der Waals surface area contributed by atoms with Crippen LogP contribution in [0.1, 0.15) is 0 Å². The molecule has 1 heterocycles. The van der Waals surface area contributed by atoms with Crippen molar-refractivity contribution in [2.45, 2.75) is 4.90 Å². The summed E-state index contributed by atoms with van der Waals surface area (Å²) in [5.74, 6) is 0.439. The Morgan fingerprint density at radius 1 is 1.20 bits per heavy atom. The first kappa shape index (κ1) is 14.6. The predicted molar refractivity (Wildman–Crippen MR) is 79.1 cm³/mol. The third-order valence-corrected chi connectivity index (χ3v) is 4.06. The minimum absolute atomic E-state index is 0.0626. The number of nitrogens with one attached hydrogen (secondary N) is 2. The first-order valence-corrected chi connectivity index (χ1v) is 7.78. The van der Waals surface area contributed by atoms with Gasteiger partial charge in [-0.05, 0) is 24.3 Å². The molecular weight excluding hydrogens is 302 g/mol. The van der Waals surface area contributed by atoms with Crippen molar-refractivity contribution in [2.75, 3.05) is 17.1 Å². The van der Waals surface area contributed by atoms with Crippen molar-refractivity contribution in [3.05, 3.63) is 46.8 Å². The summed E-state index contributed by atoms with van der Waals surface area (Å²) >= 11 is 5.94. The second-order valence-electron chi connectivity index (χ2n) is 4.07. The van der Waals surface area contributed by atoms with Crippen molar-refractivity contribution < 1.29 is 8.42 Å². The van der Waals surface area contributed by atoms with Gasteiger partial charge in [0.1, 0.15) is 5.82 Å². The molecule has 0 atom stereocenters. The molecule has 20 heavy (non-hydrogen) atoms. The van der Waals surface area contributed by atoms with Crippen LogP contribution < -0.4 is 10.8 Å². The van der Waals surface area contributed by atoms with Gasteiger partial charge in [-0.3, -0.25) is 0 Å². The Morgan fingerprint density at radius 3 is 2.55 bits per heavy atom. The van der Waals surface area contributed by atoms with E-state index in [-0.39, 0.29) is 9.92 Å². The van der Waals surface area contributed by atoms with Crippen LogP contribution >= 0.6 is 11.6 Å². The van der Waals surface area contributed by atoms with E-state index in [0.717, 1.165) is 6.26 Å². The average molecular weight is 313 g/mol. The van der Waals surface area contributed by atoms with Crippen LogP contribution in [0.25, 0.3) is 0 Å². The van der Waals surface area contributed by atoms with Crippen LogP contribution in [0, 0.1) is 5.21 Å². The number of hydrogen-bond donors (Lipinski definition) is 2. The third-order valence-electron chi connectivity index (χ3n) is 2.48. The van der Waals surface area contributed by atoms with E-state index in [1.54, 1.807) is 11.5 Å². The van der Waals surface area contributed by atoms with Gasteiger partial charge in [-0.15, -0.1) is 0 Å². The standard InChI is InChI=1S/C12H11ClN3O3S/c1-20(18,19)11-3-2-8(6-10(11)13)15-12-7-9(16-17)4-5-14-12/h2-7H,1H3,(H2-,14,15,16,17)/q-1. The summed E-state index contributed by atoms with van der Waals surface area (Å²) in [7, 11) is -3.36. The minimum atomic E-state index is -3.36. The molecular formula is C12H11ClN3O3S-. The predicted octanol–water partition coefficient (Wildman–Crippen LogP) is 2.79. The van der Waals surface area contributed by atoms with Crippen LogP contribution in [-0.2, 0) is 9.84 Å². The van der Waals surface area contributed by atoms with Crippen molar-refractivity contribution in [1.29, 1.82) is 0 Å². The number of nitrogens with zero attached hydrogens (tertiary/aromatic N) is 1. The third kappa shape index (κ3) is 3.38. The molecule has 2 rings (SSSR count). The number of halogens is 1. The monoisotopic (exact) mass is 312 g/mol. The molecule has 0 aliphatic rings. The SMILES string of the molecule is CS(=O)(=O)c1ccc(Nc2cc(N[O-])ccn2)cc1Cl. The first-order chi connectivity index (χ1) is 9.40. The molecule has 0 fully saturated rings. The van der Waals surface area contributed by atoms with Crippen molar-refractivity contribution in [2.24, 2.45) is 0 Å². The van der Waals surface area contributed by atoms with Gasteiger partial charge in [0.15, 0.2) is 9.84 Å². The van der Waals surface area contributed by atoms with Gasteiger partial charge < -0.3 is 16.0 Å². The number of rotatable bonds is 4. The Hall–Kier alpha value is -1.83. The molecule has 0 saturated heterocycles. The second-order valence-corrected chi connectivity index (χ2v) is 6.47. The van der Waals surface area contributed by atoms with E-state index < -0.39 is 9.84 Å². The molecule has 0 unspecified atom stereocenters. The number of benzene rings is 1. The number of hydrogen-bond acceptors (Lipinski definition) is 6. The summed E-state index contributed by atoms with van der Waals surface area (Å²) in [5, 5.41) is 13.6. The minimum Gasteiger partial charge on any atom is -0.761 e. The van der Waals surface area contributed by atoms with Gasteiger partial charge in [-0.25, -0.2) is 13.4 Å². The van der Waals surface area contributed by atoms with Crippen LogP contribution in [0.15, 0.2) is 41.4 Å². The lowest BCUT2D eigenvalue weighted by molar-refractivity contribution is 0.602. The summed E-state index contributed by atoms with van der Waals surface area (Å²) in [5.41, 5.74) is 2.69. The molecule has 0 spiro atoms. The molecule has 0 saturated carbocycles. The molecule has 1 aromatic heterocycles. The van der Waals surface area contributed by atoms with Crippen LogP contribution in [-0.4, -0.2) is 19.7 Å². The molecule has 2 N–H and O–H groups in total. The van der Waals surface area contributed by atoms with Gasteiger partial charge in [0.25, 0.3) is 0 Å². The van der Waals surface area contributed by atoms with Crippen LogP contribution in [0.4, 0.5) is 17.2 Å². The van der Waals surface area contributed by atoms with E-state index in [9.17, 15) is 13.6 Å². The van der Waals surface area contributed by atoms with Crippen molar-refractivity contribution in [3.8, 4) is 0 Å². The highest BCUT2D eigenvalue weighted by molar-refractivity contribution is 7.90. The van der Waals surface area contributed by atoms with Gasteiger partial charge in [0.05, 0.1) is 9.92 Å². The summed E-state index contributed by atoms with van der Waals surface area (Å²) in [4.78, 5) is 4.09. The highest BCUT2D eigenvalue weighted by atomic mass is 35.5. The number of aromatic nitrogens is 1. The topological polar surface area (TPSA) is 94.2 Å². The van der Waals surface area contributed by atoms with Crippen LogP contribution in [0.2, 0.25) is 5.02 Å². The Bertz CT molecular complexity index is 734. The molecule has 8 heteroatoms. The summed E-state index contributed by atoms with van der Waals surface area (Å²) in [6.07, 6.45) is 2.56. The van der Waals surface area contributed by atoms with Gasteiger partial charge in [-0.2, -0.15) is 0 Å². The Kier molecular flexibility index (Phi) is 4.12. The number of anilines is 3. The Morgan fingerprint density at radius 2 is 1.95 bits per heavy atom. The number of pyridine rings is 1. The zero-order valence-electron chi connectivity index (χ0n) is 10.4. The maximum absolute atomic E-state index is 11.4. The fraction of sp³-hybridized carbons (Fsp3) is 0.0833. The summed E-state index contributed by atoms with van der Waals surface area (Å²) in [6.45, 7) is 0. The lowest BCUT2D eigenvalue weighted by Crippen LogP contribution is -1.99. The van der Waals surface area contributed by atoms with E-state index in [1.165, 1.54) is 30.5 Å². The van der Waals surface area contributed by atoms with Gasteiger partial charge in [0.2, 0.25) is 0 Å². The molecule has 0 aliphatic heterocycles. The van der Waals surface area contributed by atoms with Crippen LogP contribution in [0.5, 0.6) is 0 Å². The molecule has 0 aliphatic carbocycles. The lowest BCUT2D eigenvalue weighted by Gasteiger charge is -2.12. The molecule has 6 nitrogen and oxygen atoms in total. The smallest absolute Gasteiger partial charge is 0.176 e. The van der Waals surface area contributed by atoms with Crippen molar-refractivity contribution >= 4 is 38.6 Å². The molecule has 0 bridgehead atoms. The molecule has 106 valence electrons. The lowest BCUT2D eigenvalue weighted by atomic mass is 10.3. The average Bonchev–Trinajstić information content (AvgIpc) is 2.37. The van der Waals surface area contributed by atoms with Gasteiger partial charge in [0, 0.05) is 29.9 Å². The maximum Gasteiger partial charge on any atom is 0.176 e. The normalized spacial score (nSPS) is 11.2.